The van der Waals surface area contributed by atoms with Crippen LogP contribution in [0.25, 0.3) is 32.0 Å². The Bertz CT molecular complexity index is 1330. The highest BCUT2D eigenvalue weighted by Gasteiger charge is 2.21. The zero-order valence-corrected chi connectivity index (χ0v) is 22.0. The zero-order valence-electron chi connectivity index (χ0n) is 21.1. The minimum atomic E-state index is -0.572. The van der Waals surface area contributed by atoms with Crippen LogP contribution in [-0.2, 0) is 4.74 Å². The van der Waals surface area contributed by atoms with Gasteiger partial charge in [-0.15, -0.1) is 11.3 Å². The normalized spacial score (nSPS) is 12.4. The quantitative estimate of drug-likeness (QED) is 0.319. The van der Waals surface area contributed by atoms with Crippen molar-refractivity contribution in [1.29, 1.82) is 0 Å². The van der Waals surface area contributed by atoms with Gasteiger partial charge in [-0.25, -0.2) is 14.8 Å². The Morgan fingerprint density at radius 3 is 2.50 bits per heavy atom. The van der Waals surface area contributed by atoms with Crippen LogP contribution in [0.4, 0.5) is 16.3 Å². The smallest absolute Gasteiger partial charge is 0.415 e. The Hall–Kier alpha value is -3.56. The molecule has 0 saturated carbocycles. The summed E-state index contributed by atoms with van der Waals surface area (Å²) in [6.07, 6.45) is 3.40. The summed E-state index contributed by atoms with van der Waals surface area (Å²) in [7, 11) is 1.63. The summed E-state index contributed by atoms with van der Waals surface area (Å²) in [5.74, 6) is 0.497. The van der Waals surface area contributed by atoms with Crippen molar-refractivity contribution in [2.75, 3.05) is 23.8 Å². The Morgan fingerprint density at radius 2 is 1.86 bits per heavy atom. The molecular formula is C27H31N5O3S. The SMILES string of the molecule is CCC(O)CNc1ccc2nc(-c3ccc(-c4ccc(N(C)C(=O)OC(C)(C)C)nc4)nc3)sc2c1. The molecule has 0 aliphatic heterocycles. The Morgan fingerprint density at radius 1 is 1.11 bits per heavy atom. The van der Waals surface area contributed by atoms with Gasteiger partial charge < -0.3 is 15.2 Å². The third kappa shape index (κ3) is 6.16. The number of benzene rings is 1. The van der Waals surface area contributed by atoms with Crippen LogP contribution in [0.15, 0.2) is 54.9 Å². The third-order valence-corrected chi connectivity index (χ3v) is 6.53. The van der Waals surface area contributed by atoms with Crippen molar-refractivity contribution in [1.82, 2.24) is 15.0 Å². The molecule has 2 N–H and O–H groups in total. The number of carbonyl (C=O) groups excluding carboxylic acids is 1. The number of aromatic nitrogens is 3. The number of thiazole rings is 1. The lowest BCUT2D eigenvalue weighted by molar-refractivity contribution is 0.0588. The van der Waals surface area contributed by atoms with Crippen molar-refractivity contribution in [2.24, 2.45) is 0 Å². The lowest BCUT2D eigenvalue weighted by atomic mass is 10.1. The molecule has 4 aromatic rings. The van der Waals surface area contributed by atoms with Crippen molar-refractivity contribution in [3.8, 4) is 21.8 Å². The van der Waals surface area contributed by atoms with Gasteiger partial charge in [-0.1, -0.05) is 6.92 Å². The molecule has 9 heteroatoms. The molecule has 0 fully saturated rings. The second-order valence-corrected chi connectivity index (χ2v) is 10.6. The molecule has 3 aromatic heterocycles. The van der Waals surface area contributed by atoms with Crippen molar-refractivity contribution in [3.63, 3.8) is 0 Å². The molecule has 0 radical (unpaired) electrons. The standard InChI is InChI=1S/C27H31N5O3S/c1-6-20(33)16-28-19-9-11-22-23(13-19)36-25(31-22)18-7-10-21(29-15-18)17-8-12-24(30-14-17)32(5)26(34)35-27(2,3)4/h7-15,20,28,33H,6,16H2,1-5H3. The number of nitrogens with zero attached hydrogens (tertiary/aromatic N) is 4. The minimum Gasteiger partial charge on any atom is -0.443 e. The third-order valence-electron chi connectivity index (χ3n) is 5.47. The topological polar surface area (TPSA) is 100 Å². The molecule has 188 valence electrons. The van der Waals surface area contributed by atoms with Crippen LogP contribution in [0.5, 0.6) is 0 Å². The number of ether oxygens (including phenoxy) is 1. The number of aliphatic hydroxyl groups is 1. The lowest BCUT2D eigenvalue weighted by Gasteiger charge is -2.24. The van der Waals surface area contributed by atoms with Crippen LogP contribution in [0.1, 0.15) is 34.1 Å². The largest absolute Gasteiger partial charge is 0.443 e. The van der Waals surface area contributed by atoms with Gasteiger partial charge in [0.05, 0.1) is 22.0 Å². The van der Waals surface area contributed by atoms with E-state index in [1.54, 1.807) is 30.6 Å². The number of aliphatic hydroxyl groups excluding tert-OH is 1. The first kappa shape index (κ1) is 25.5. The molecular weight excluding hydrogens is 474 g/mol. The number of amides is 1. The van der Waals surface area contributed by atoms with Gasteiger partial charge in [0.25, 0.3) is 0 Å². The maximum absolute atomic E-state index is 12.3. The molecule has 1 aromatic carbocycles. The number of hydrogen-bond donors (Lipinski definition) is 2. The Kier molecular flexibility index (Phi) is 7.51. The van der Waals surface area contributed by atoms with Gasteiger partial charge in [0, 0.05) is 42.8 Å². The molecule has 0 aliphatic rings. The summed E-state index contributed by atoms with van der Waals surface area (Å²) in [4.78, 5) is 27.4. The van der Waals surface area contributed by atoms with Crippen LogP contribution < -0.4 is 10.2 Å². The molecule has 0 bridgehead atoms. The van der Waals surface area contributed by atoms with E-state index < -0.39 is 11.7 Å². The number of carbonyl (C=O) groups is 1. The van der Waals surface area contributed by atoms with Crippen molar-refractivity contribution in [2.45, 2.75) is 45.8 Å². The predicted octanol–water partition coefficient (Wildman–Crippen LogP) is 5.97. The van der Waals surface area contributed by atoms with Gasteiger partial charge >= 0.3 is 6.09 Å². The van der Waals surface area contributed by atoms with Crippen LogP contribution >= 0.6 is 11.3 Å². The van der Waals surface area contributed by atoms with Gasteiger partial charge in [-0.2, -0.15) is 0 Å². The van der Waals surface area contributed by atoms with Gasteiger partial charge in [0.1, 0.15) is 16.4 Å². The van der Waals surface area contributed by atoms with Crippen LogP contribution in [0, 0.1) is 0 Å². The van der Waals surface area contributed by atoms with E-state index in [2.05, 4.69) is 21.4 Å². The van der Waals surface area contributed by atoms with Crippen LogP contribution in [0.3, 0.4) is 0 Å². The monoisotopic (exact) mass is 505 g/mol. The van der Waals surface area contributed by atoms with Gasteiger partial charge in [0.15, 0.2) is 0 Å². The van der Waals surface area contributed by atoms with E-state index in [9.17, 15) is 9.90 Å². The number of fused-ring (bicyclic) bond motifs is 1. The molecule has 1 unspecified atom stereocenters. The van der Waals surface area contributed by atoms with Gasteiger partial charge in [0.2, 0.25) is 0 Å². The molecule has 4 rings (SSSR count). The Labute approximate surface area is 215 Å². The van der Waals surface area contributed by atoms with E-state index in [0.29, 0.717) is 18.8 Å². The molecule has 8 nitrogen and oxygen atoms in total. The van der Waals surface area contributed by atoms with E-state index in [0.717, 1.165) is 37.7 Å². The number of pyridine rings is 2. The van der Waals surface area contributed by atoms with Crippen LogP contribution in [-0.4, -0.2) is 51.4 Å². The Balaban J connectivity index is 1.46. The number of rotatable bonds is 7. The fourth-order valence-corrected chi connectivity index (χ4v) is 4.38. The highest BCUT2D eigenvalue weighted by Crippen LogP contribution is 2.32. The minimum absolute atomic E-state index is 0.361. The first-order chi connectivity index (χ1) is 17.1. The predicted molar refractivity (Wildman–Crippen MR) is 146 cm³/mol. The second kappa shape index (κ2) is 10.6. The van der Waals surface area contributed by atoms with E-state index in [1.165, 1.54) is 4.90 Å². The van der Waals surface area contributed by atoms with Crippen molar-refractivity contribution < 1.29 is 14.6 Å². The molecule has 0 spiro atoms. The first-order valence-corrected chi connectivity index (χ1v) is 12.7. The first-order valence-electron chi connectivity index (χ1n) is 11.8. The van der Waals surface area contributed by atoms with E-state index in [1.807, 2.05) is 64.2 Å². The van der Waals surface area contributed by atoms with Gasteiger partial charge in [-0.3, -0.25) is 9.88 Å². The second-order valence-electron chi connectivity index (χ2n) is 9.52. The zero-order chi connectivity index (χ0) is 25.9. The fourth-order valence-electron chi connectivity index (χ4n) is 3.39. The molecule has 3 heterocycles. The summed E-state index contributed by atoms with van der Waals surface area (Å²) in [5, 5.41) is 13.9. The molecule has 1 atom stereocenters. The molecule has 0 saturated heterocycles. The summed E-state index contributed by atoms with van der Waals surface area (Å²) in [6.45, 7) is 7.96. The number of hydrogen-bond acceptors (Lipinski definition) is 8. The maximum Gasteiger partial charge on any atom is 0.415 e. The fraction of sp³-hybridized carbons (Fsp3) is 0.333. The number of anilines is 2. The summed E-state index contributed by atoms with van der Waals surface area (Å²) in [5.41, 5.74) is 3.88. The summed E-state index contributed by atoms with van der Waals surface area (Å²) >= 11 is 1.60. The lowest BCUT2D eigenvalue weighted by Crippen LogP contribution is -2.34. The highest BCUT2D eigenvalue weighted by molar-refractivity contribution is 7.21. The number of nitrogens with one attached hydrogen (secondary N) is 1. The van der Waals surface area contributed by atoms with E-state index in [-0.39, 0.29) is 6.10 Å². The maximum atomic E-state index is 12.3. The van der Waals surface area contributed by atoms with Crippen molar-refractivity contribution in [3.05, 3.63) is 54.9 Å². The average Bonchev–Trinajstić information content (AvgIpc) is 3.29. The average molecular weight is 506 g/mol. The van der Waals surface area contributed by atoms with Gasteiger partial charge in [-0.05, 0) is 69.7 Å². The van der Waals surface area contributed by atoms with E-state index >= 15 is 0 Å². The summed E-state index contributed by atoms with van der Waals surface area (Å²) < 4.78 is 6.46. The molecule has 0 aliphatic carbocycles. The summed E-state index contributed by atoms with van der Waals surface area (Å²) in [6, 6.07) is 13.6. The van der Waals surface area contributed by atoms with E-state index in [4.69, 9.17) is 9.72 Å². The van der Waals surface area contributed by atoms with Crippen molar-refractivity contribution >= 4 is 39.2 Å². The van der Waals surface area contributed by atoms with Crippen LogP contribution in [0.2, 0.25) is 0 Å². The molecule has 1 amide bonds. The molecule has 36 heavy (non-hydrogen) atoms. The highest BCUT2D eigenvalue weighted by atomic mass is 32.1.